The van der Waals surface area contributed by atoms with E-state index in [1.54, 1.807) is 24.5 Å². The van der Waals surface area contributed by atoms with Crippen LogP contribution in [0.2, 0.25) is 0 Å². The average molecular weight is 382 g/mol. The van der Waals surface area contributed by atoms with E-state index in [-0.39, 0.29) is 11.7 Å². The molecule has 2 fully saturated rings. The third-order valence-electron chi connectivity index (χ3n) is 5.72. The van der Waals surface area contributed by atoms with Crippen LogP contribution in [0.3, 0.4) is 0 Å². The molecule has 1 saturated heterocycles. The number of aromatic nitrogens is 1. The van der Waals surface area contributed by atoms with E-state index in [0.717, 1.165) is 24.5 Å². The van der Waals surface area contributed by atoms with Crippen molar-refractivity contribution in [2.75, 3.05) is 36.4 Å². The van der Waals surface area contributed by atoms with Crippen molar-refractivity contribution in [1.82, 2.24) is 9.88 Å². The highest BCUT2D eigenvalue weighted by Gasteiger charge is 2.23. The summed E-state index contributed by atoms with van der Waals surface area (Å²) in [5.74, 6) is -0.203. The van der Waals surface area contributed by atoms with E-state index < -0.39 is 0 Å². The Hall–Kier alpha value is -2.63. The summed E-state index contributed by atoms with van der Waals surface area (Å²) >= 11 is 0. The first-order chi connectivity index (χ1) is 13.7. The third-order valence-corrected chi connectivity index (χ3v) is 5.72. The fourth-order valence-electron chi connectivity index (χ4n) is 4.12. The smallest absolute Gasteiger partial charge is 0.255 e. The Labute approximate surface area is 165 Å². The minimum absolute atomic E-state index is 0.0264. The monoisotopic (exact) mass is 382 g/mol. The van der Waals surface area contributed by atoms with Gasteiger partial charge in [0.05, 0.1) is 11.3 Å². The summed E-state index contributed by atoms with van der Waals surface area (Å²) in [4.78, 5) is 21.3. The van der Waals surface area contributed by atoms with Gasteiger partial charge in [-0.15, -0.1) is 0 Å². The maximum absolute atomic E-state index is 13.1. The maximum atomic E-state index is 13.1. The summed E-state index contributed by atoms with van der Waals surface area (Å²) in [5.41, 5.74) is 2.56. The molecule has 5 nitrogen and oxygen atoms in total. The standard InChI is InChI=1S/C22H27FN4O/c23-18-6-8-21(9-7-18)26-10-12-27(13-11-26)22(28)17-14-20(16-24-15-17)25-19-4-2-1-3-5-19/h6-9,14-16,19,25H,1-5,10-13H2. The Morgan fingerprint density at radius 1 is 1.00 bits per heavy atom. The first kappa shape index (κ1) is 18.7. The lowest BCUT2D eigenvalue weighted by Gasteiger charge is -2.36. The number of carbonyl (C=O) groups excluding carboxylic acids is 1. The molecule has 4 rings (SSSR count). The molecular weight excluding hydrogens is 355 g/mol. The lowest BCUT2D eigenvalue weighted by Crippen LogP contribution is -2.48. The molecular formula is C22H27FN4O. The normalized spacial score (nSPS) is 18.2. The molecule has 0 unspecified atom stereocenters. The van der Waals surface area contributed by atoms with Crippen molar-refractivity contribution in [2.45, 2.75) is 38.1 Å². The lowest BCUT2D eigenvalue weighted by molar-refractivity contribution is 0.0746. The molecule has 6 heteroatoms. The largest absolute Gasteiger partial charge is 0.381 e. The van der Waals surface area contributed by atoms with Crippen LogP contribution < -0.4 is 10.2 Å². The lowest BCUT2D eigenvalue weighted by atomic mass is 9.95. The molecule has 0 radical (unpaired) electrons. The summed E-state index contributed by atoms with van der Waals surface area (Å²) < 4.78 is 13.1. The van der Waals surface area contributed by atoms with Gasteiger partial charge in [0.2, 0.25) is 0 Å². The van der Waals surface area contributed by atoms with Gasteiger partial charge in [-0.3, -0.25) is 9.78 Å². The van der Waals surface area contributed by atoms with Gasteiger partial charge in [-0.2, -0.15) is 0 Å². The zero-order valence-corrected chi connectivity index (χ0v) is 16.1. The third kappa shape index (κ3) is 4.43. The van der Waals surface area contributed by atoms with Gasteiger partial charge in [0, 0.05) is 50.3 Å². The minimum Gasteiger partial charge on any atom is -0.381 e. The summed E-state index contributed by atoms with van der Waals surface area (Å²) in [5, 5.41) is 3.54. The maximum Gasteiger partial charge on any atom is 0.255 e. The minimum atomic E-state index is -0.230. The SMILES string of the molecule is O=C(c1cncc(NC2CCCCC2)c1)N1CCN(c2ccc(F)cc2)CC1. The van der Waals surface area contributed by atoms with E-state index in [2.05, 4.69) is 15.2 Å². The topological polar surface area (TPSA) is 48.5 Å². The van der Waals surface area contributed by atoms with Gasteiger partial charge in [0.15, 0.2) is 0 Å². The second-order valence-corrected chi connectivity index (χ2v) is 7.70. The van der Waals surface area contributed by atoms with Crippen LogP contribution in [0.5, 0.6) is 0 Å². The van der Waals surface area contributed by atoms with E-state index >= 15 is 0 Å². The highest BCUT2D eigenvalue weighted by atomic mass is 19.1. The summed E-state index contributed by atoms with van der Waals surface area (Å²) in [6, 6.07) is 8.94. The molecule has 1 saturated carbocycles. The number of hydrogen-bond donors (Lipinski definition) is 1. The van der Waals surface area contributed by atoms with Crippen LogP contribution in [-0.4, -0.2) is 48.0 Å². The van der Waals surface area contributed by atoms with E-state index in [0.29, 0.717) is 24.7 Å². The van der Waals surface area contributed by atoms with Crippen molar-refractivity contribution in [3.63, 3.8) is 0 Å². The molecule has 1 N–H and O–H groups in total. The number of nitrogens with one attached hydrogen (secondary N) is 1. The quantitative estimate of drug-likeness (QED) is 0.871. The summed E-state index contributed by atoms with van der Waals surface area (Å²) in [7, 11) is 0. The summed E-state index contributed by atoms with van der Waals surface area (Å²) in [6.45, 7) is 2.78. The predicted octanol–water partition coefficient (Wildman–Crippen LogP) is 3.93. The average Bonchev–Trinajstić information content (AvgIpc) is 2.75. The number of benzene rings is 1. The number of halogens is 1. The molecule has 28 heavy (non-hydrogen) atoms. The van der Waals surface area contributed by atoms with Crippen LogP contribution in [0.4, 0.5) is 15.8 Å². The Kier molecular flexibility index (Phi) is 5.74. The molecule has 1 aromatic carbocycles. The Bertz CT molecular complexity index is 796. The number of anilines is 2. The van der Waals surface area contributed by atoms with Gasteiger partial charge < -0.3 is 15.1 Å². The van der Waals surface area contributed by atoms with E-state index in [1.807, 2.05) is 11.0 Å². The van der Waals surface area contributed by atoms with Crippen LogP contribution in [-0.2, 0) is 0 Å². The number of piperazine rings is 1. The van der Waals surface area contributed by atoms with Gasteiger partial charge in [0.1, 0.15) is 5.82 Å². The van der Waals surface area contributed by atoms with E-state index in [4.69, 9.17) is 0 Å². The van der Waals surface area contributed by atoms with Crippen LogP contribution in [0, 0.1) is 5.82 Å². The van der Waals surface area contributed by atoms with Gasteiger partial charge in [-0.25, -0.2) is 4.39 Å². The predicted molar refractivity (Wildman–Crippen MR) is 109 cm³/mol. The number of pyridine rings is 1. The molecule has 2 aliphatic rings. The van der Waals surface area contributed by atoms with Crippen LogP contribution in [0.25, 0.3) is 0 Å². The highest BCUT2D eigenvalue weighted by Crippen LogP contribution is 2.22. The van der Waals surface area contributed by atoms with Crippen molar-refractivity contribution in [3.05, 3.63) is 54.1 Å². The molecule has 2 heterocycles. The fourth-order valence-corrected chi connectivity index (χ4v) is 4.12. The van der Waals surface area contributed by atoms with Crippen LogP contribution in [0.15, 0.2) is 42.7 Å². The molecule has 0 atom stereocenters. The number of carbonyl (C=O) groups is 1. The first-order valence-corrected chi connectivity index (χ1v) is 10.2. The van der Waals surface area contributed by atoms with Gasteiger partial charge in [-0.1, -0.05) is 19.3 Å². The van der Waals surface area contributed by atoms with E-state index in [9.17, 15) is 9.18 Å². The number of hydrogen-bond acceptors (Lipinski definition) is 4. The zero-order chi connectivity index (χ0) is 19.3. The fraction of sp³-hybridized carbons (Fsp3) is 0.455. The summed E-state index contributed by atoms with van der Waals surface area (Å²) in [6.07, 6.45) is 9.68. The van der Waals surface area contributed by atoms with Crippen molar-refractivity contribution in [3.8, 4) is 0 Å². The molecule has 148 valence electrons. The van der Waals surface area contributed by atoms with Crippen molar-refractivity contribution >= 4 is 17.3 Å². The second kappa shape index (κ2) is 8.59. The Balaban J connectivity index is 1.35. The number of rotatable bonds is 4. The first-order valence-electron chi connectivity index (χ1n) is 10.2. The van der Waals surface area contributed by atoms with E-state index in [1.165, 1.54) is 44.2 Å². The van der Waals surface area contributed by atoms with Crippen molar-refractivity contribution in [2.24, 2.45) is 0 Å². The Morgan fingerprint density at radius 3 is 2.43 bits per heavy atom. The van der Waals surface area contributed by atoms with Gasteiger partial charge in [-0.05, 0) is 43.2 Å². The molecule has 1 aliphatic heterocycles. The van der Waals surface area contributed by atoms with Gasteiger partial charge >= 0.3 is 0 Å². The second-order valence-electron chi connectivity index (χ2n) is 7.70. The van der Waals surface area contributed by atoms with Crippen molar-refractivity contribution < 1.29 is 9.18 Å². The molecule has 1 aliphatic carbocycles. The molecule has 0 spiro atoms. The molecule has 1 aromatic heterocycles. The van der Waals surface area contributed by atoms with Crippen LogP contribution in [0.1, 0.15) is 42.5 Å². The molecule has 0 bridgehead atoms. The Morgan fingerprint density at radius 2 is 1.71 bits per heavy atom. The molecule has 2 aromatic rings. The van der Waals surface area contributed by atoms with Crippen LogP contribution >= 0.6 is 0 Å². The highest BCUT2D eigenvalue weighted by molar-refractivity contribution is 5.95. The number of amides is 1. The van der Waals surface area contributed by atoms with Crippen molar-refractivity contribution in [1.29, 1.82) is 0 Å². The van der Waals surface area contributed by atoms with Gasteiger partial charge in [0.25, 0.3) is 5.91 Å². The molecule has 1 amide bonds. The number of nitrogens with zero attached hydrogens (tertiary/aromatic N) is 3. The zero-order valence-electron chi connectivity index (χ0n) is 16.1.